The van der Waals surface area contributed by atoms with Gasteiger partial charge in [-0.25, -0.2) is 9.78 Å². The second kappa shape index (κ2) is 2.64. The minimum Gasteiger partial charge on any atom is -0.312 e. The first-order valence-electron chi connectivity index (χ1n) is 2.42. The van der Waals surface area contributed by atoms with E-state index < -0.39 is 0 Å². The van der Waals surface area contributed by atoms with Gasteiger partial charge < -0.3 is 4.98 Å². The predicted molar refractivity (Wildman–Crippen MR) is 34.4 cm³/mol. The fraction of sp³-hybridized carbons (Fsp3) is 0.200. The number of rotatable bonds is 1. The lowest BCUT2D eigenvalue weighted by atomic mass is 10.4. The highest BCUT2D eigenvalue weighted by Crippen LogP contribution is 1.94. The molecule has 3 nitrogen and oxygen atoms in total. The van der Waals surface area contributed by atoms with Crippen molar-refractivity contribution in [1.29, 1.82) is 0 Å². The van der Waals surface area contributed by atoms with E-state index in [1.54, 1.807) is 6.20 Å². The molecule has 0 aliphatic heterocycles. The van der Waals surface area contributed by atoms with Crippen LogP contribution in [0.5, 0.6) is 0 Å². The van der Waals surface area contributed by atoms with E-state index in [2.05, 4.69) is 9.97 Å². The Balaban J connectivity index is 3.02. The van der Waals surface area contributed by atoms with Gasteiger partial charge in [-0.05, 0) is 0 Å². The zero-order valence-corrected chi connectivity index (χ0v) is 5.35. The molecular weight excluding hydrogens is 140 g/mol. The molecule has 1 heterocycles. The SMILES string of the molecule is O=c1ncc(CCl)c[nH]1. The monoisotopic (exact) mass is 144 g/mol. The van der Waals surface area contributed by atoms with E-state index >= 15 is 0 Å². The molecule has 0 fully saturated rings. The third-order valence-corrected chi connectivity index (χ3v) is 1.19. The van der Waals surface area contributed by atoms with Crippen molar-refractivity contribution in [2.24, 2.45) is 0 Å². The summed E-state index contributed by atoms with van der Waals surface area (Å²) in [6.07, 6.45) is 2.99. The fourth-order valence-corrected chi connectivity index (χ4v) is 0.590. The Morgan fingerprint density at radius 1 is 1.78 bits per heavy atom. The second-order valence-corrected chi connectivity index (χ2v) is 1.83. The van der Waals surface area contributed by atoms with E-state index in [0.29, 0.717) is 5.88 Å². The van der Waals surface area contributed by atoms with Crippen molar-refractivity contribution in [2.75, 3.05) is 0 Å². The molecule has 0 radical (unpaired) electrons. The summed E-state index contributed by atoms with van der Waals surface area (Å²) in [5.41, 5.74) is 0.472. The van der Waals surface area contributed by atoms with Crippen LogP contribution in [0.4, 0.5) is 0 Å². The number of nitrogens with one attached hydrogen (secondary N) is 1. The van der Waals surface area contributed by atoms with E-state index in [4.69, 9.17) is 11.6 Å². The molecule has 0 aromatic carbocycles. The van der Waals surface area contributed by atoms with Crippen molar-refractivity contribution in [3.63, 3.8) is 0 Å². The number of halogens is 1. The molecule has 0 bridgehead atoms. The minimum atomic E-state index is -0.344. The maximum Gasteiger partial charge on any atom is 0.344 e. The van der Waals surface area contributed by atoms with Gasteiger partial charge in [0.25, 0.3) is 0 Å². The lowest BCUT2D eigenvalue weighted by Gasteiger charge is -1.87. The molecule has 1 aromatic rings. The summed E-state index contributed by atoms with van der Waals surface area (Å²) in [4.78, 5) is 16.2. The van der Waals surface area contributed by atoms with Gasteiger partial charge in [-0.3, -0.25) is 0 Å². The summed E-state index contributed by atoms with van der Waals surface area (Å²) >= 11 is 5.42. The summed E-state index contributed by atoms with van der Waals surface area (Å²) in [5, 5.41) is 0. The highest BCUT2D eigenvalue weighted by Gasteiger charge is 1.87. The second-order valence-electron chi connectivity index (χ2n) is 1.56. The van der Waals surface area contributed by atoms with E-state index in [-0.39, 0.29) is 5.69 Å². The Labute approximate surface area is 56.7 Å². The highest BCUT2D eigenvalue weighted by atomic mass is 35.5. The molecule has 0 saturated heterocycles. The van der Waals surface area contributed by atoms with Crippen LogP contribution in [0.25, 0.3) is 0 Å². The Morgan fingerprint density at radius 3 is 3.00 bits per heavy atom. The molecule has 0 amide bonds. The van der Waals surface area contributed by atoms with Gasteiger partial charge in [0.2, 0.25) is 0 Å². The maximum absolute atomic E-state index is 10.3. The van der Waals surface area contributed by atoms with Crippen molar-refractivity contribution >= 4 is 11.6 Å². The number of nitrogens with zero attached hydrogens (tertiary/aromatic N) is 1. The Bertz CT molecular complexity index is 224. The van der Waals surface area contributed by atoms with Crippen LogP contribution in [-0.4, -0.2) is 9.97 Å². The van der Waals surface area contributed by atoms with Gasteiger partial charge >= 0.3 is 5.69 Å². The van der Waals surface area contributed by atoms with E-state index in [1.807, 2.05) is 0 Å². The minimum absolute atomic E-state index is 0.344. The molecule has 1 N–H and O–H groups in total. The third-order valence-electron chi connectivity index (χ3n) is 0.883. The normalized spacial score (nSPS) is 9.44. The summed E-state index contributed by atoms with van der Waals surface area (Å²) in [5.74, 6) is 0.379. The van der Waals surface area contributed by atoms with Crippen LogP contribution in [0.3, 0.4) is 0 Å². The number of aromatic nitrogens is 2. The molecule has 0 aliphatic carbocycles. The van der Waals surface area contributed by atoms with Crippen molar-refractivity contribution < 1.29 is 0 Å². The molecule has 0 unspecified atom stereocenters. The van der Waals surface area contributed by atoms with E-state index in [9.17, 15) is 4.79 Å². The average Bonchev–Trinajstić information content (AvgIpc) is 1.90. The predicted octanol–water partition coefficient (Wildman–Crippen LogP) is 0.509. The summed E-state index contributed by atoms with van der Waals surface area (Å²) in [6, 6.07) is 0. The van der Waals surface area contributed by atoms with Crippen LogP contribution in [0.15, 0.2) is 17.2 Å². The molecule has 48 valence electrons. The molecule has 0 atom stereocenters. The molecule has 1 aromatic heterocycles. The van der Waals surface area contributed by atoms with Crippen LogP contribution < -0.4 is 5.69 Å². The molecule has 1 rings (SSSR count). The Hall–Kier alpha value is -0.830. The zero-order chi connectivity index (χ0) is 6.69. The van der Waals surface area contributed by atoms with Crippen LogP contribution in [0.2, 0.25) is 0 Å². The van der Waals surface area contributed by atoms with Crippen LogP contribution in [0, 0.1) is 0 Å². The first-order chi connectivity index (χ1) is 4.33. The van der Waals surface area contributed by atoms with Gasteiger partial charge in [-0.2, -0.15) is 0 Å². The van der Waals surface area contributed by atoms with Gasteiger partial charge in [-0.1, -0.05) is 0 Å². The first-order valence-corrected chi connectivity index (χ1v) is 2.96. The number of hydrogen-bond acceptors (Lipinski definition) is 2. The highest BCUT2D eigenvalue weighted by molar-refractivity contribution is 6.17. The van der Waals surface area contributed by atoms with Gasteiger partial charge in [-0.15, -0.1) is 11.6 Å². The number of hydrogen-bond donors (Lipinski definition) is 1. The summed E-state index contributed by atoms with van der Waals surface area (Å²) < 4.78 is 0. The van der Waals surface area contributed by atoms with Crippen molar-refractivity contribution in [2.45, 2.75) is 5.88 Å². The number of alkyl halides is 1. The molecule has 0 aliphatic rings. The van der Waals surface area contributed by atoms with Crippen molar-refractivity contribution in [3.05, 3.63) is 28.4 Å². The third kappa shape index (κ3) is 1.54. The lowest BCUT2D eigenvalue weighted by Crippen LogP contribution is -2.08. The standard InChI is InChI=1S/C5H5ClN2O/c6-1-4-2-7-5(9)8-3-4/h2-3H,1H2,(H,7,8,9). The van der Waals surface area contributed by atoms with Crippen molar-refractivity contribution in [3.8, 4) is 0 Å². The van der Waals surface area contributed by atoms with Gasteiger partial charge in [0.1, 0.15) is 0 Å². The lowest BCUT2D eigenvalue weighted by molar-refractivity contribution is 1.04. The van der Waals surface area contributed by atoms with Crippen LogP contribution in [0.1, 0.15) is 5.56 Å². The van der Waals surface area contributed by atoms with E-state index in [1.165, 1.54) is 6.20 Å². The van der Waals surface area contributed by atoms with Crippen LogP contribution in [-0.2, 0) is 5.88 Å². The number of H-pyrrole nitrogens is 1. The summed E-state index contributed by atoms with van der Waals surface area (Å²) in [6.45, 7) is 0. The average molecular weight is 145 g/mol. The van der Waals surface area contributed by atoms with Gasteiger partial charge in [0, 0.05) is 18.0 Å². The molecule has 9 heavy (non-hydrogen) atoms. The molecule has 4 heteroatoms. The maximum atomic E-state index is 10.3. The molecular formula is C5H5ClN2O. The summed E-state index contributed by atoms with van der Waals surface area (Å²) in [7, 11) is 0. The molecule has 0 saturated carbocycles. The van der Waals surface area contributed by atoms with Gasteiger partial charge in [0.15, 0.2) is 0 Å². The van der Waals surface area contributed by atoms with Crippen molar-refractivity contribution in [1.82, 2.24) is 9.97 Å². The largest absolute Gasteiger partial charge is 0.344 e. The smallest absolute Gasteiger partial charge is 0.312 e. The quantitative estimate of drug-likeness (QED) is 0.584. The zero-order valence-electron chi connectivity index (χ0n) is 4.60. The first kappa shape index (κ1) is 6.29. The topological polar surface area (TPSA) is 45.8 Å². The number of aromatic amines is 1. The van der Waals surface area contributed by atoms with Crippen LogP contribution >= 0.6 is 11.6 Å². The fourth-order valence-electron chi connectivity index (χ4n) is 0.444. The van der Waals surface area contributed by atoms with Gasteiger partial charge in [0.05, 0.1) is 5.88 Å². The Kier molecular flexibility index (Phi) is 1.85. The molecule has 0 spiro atoms. The van der Waals surface area contributed by atoms with E-state index in [0.717, 1.165) is 5.56 Å². The Morgan fingerprint density at radius 2 is 2.56 bits per heavy atom.